The summed E-state index contributed by atoms with van der Waals surface area (Å²) in [6.07, 6.45) is 0.791. The highest BCUT2D eigenvalue weighted by Gasteiger charge is 2.16. The highest BCUT2D eigenvalue weighted by molar-refractivity contribution is 6.39. The Labute approximate surface area is 121 Å². The van der Waals surface area contributed by atoms with Gasteiger partial charge in [-0.2, -0.15) is 0 Å². The van der Waals surface area contributed by atoms with Crippen molar-refractivity contribution in [3.05, 3.63) is 29.8 Å². The van der Waals surface area contributed by atoms with E-state index in [1.54, 1.807) is 0 Å². The maximum atomic E-state index is 11.7. The first-order valence-electron chi connectivity index (χ1n) is 6.96. The number of amides is 2. The molecule has 0 fully saturated rings. The average molecular weight is 276 g/mol. The number of carbonyl (C=O) groups is 2. The van der Waals surface area contributed by atoms with Gasteiger partial charge in [-0.25, -0.2) is 0 Å². The van der Waals surface area contributed by atoms with E-state index in [1.807, 2.05) is 38.1 Å². The Morgan fingerprint density at radius 1 is 1.10 bits per heavy atom. The second-order valence-electron chi connectivity index (χ2n) is 6.06. The van der Waals surface area contributed by atoms with Crippen LogP contribution in [0.1, 0.15) is 46.6 Å². The Morgan fingerprint density at radius 2 is 1.65 bits per heavy atom. The summed E-state index contributed by atoms with van der Waals surface area (Å²) < 4.78 is 0. The van der Waals surface area contributed by atoms with E-state index >= 15 is 0 Å². The summed E-state index contributed by atoms with van der Waals surface area (Å²) in [6, 6.07) is 7.55. The molecular formula is C16H24N2O2. The Bertz CT molecular complexity index is 472. The standard InChI is InChI=1S/C16H24N2O2/c1-6-11(2)17-14(19)15(20)18-13-9-7-12(8-10-13)16(3,4)5/h7-11H,6H2,1-5H3,(H,17,19)(H,18,20)/t11-/m1/s1. The Balaban J connectivity index is 2.65. The van der Waals surface area contributed by atoms with E-state index in [0.29, 0.717) is 5.69 Å². The van der Waals surface area contributed by atoms with Gasteiger partial charge in [0, 0.05) is 11.7 Å². The van der Waals surface area contributed by atoms with Gasteiger partial charge < -0.3 is 10.6 Å². The Kier molecular flexibility index (Phi) is 5.31. The van der Waals surface area contributed by atoms with E-state index in [0.717, 1.165) is 6.42 Å². The van der Waals surface area contributed by atoms with Crippen molar-refractivity contribution in [1.82, 2.24) is 5.32 Å². The van der Waals surface area contributed by atoms with Crippen LogP contribution in [0.2, 0.25) is 0 Å². The zero-order chi connectivity index (χ0) is 15.3. The number of hydrogen-bond acceptors (Lipinski definition) is 2. The minimum absolute atomic E-state index is 0.00323. The van der Waals surface area contributed by atoms with Gasteiger partial charge in [0.1, 0.15) is 0 Å². The summed E-state index contributed by atoms with van der Waals surface area (Å²) in [5, 5.41) is 5.23. The molecule has 2 N–H and O–H groups in total. The molecule has 0 bridgehead atoms. The van der Waals surface area contributed by atoms with Gasteiger partial charge >= 0.3 is 11.8 Å². The fraction of sp³-hybridized carbons (Fsp3) is 0.500. The fourth-order valence-electron chi connectivity index (χ4n) is 1.63. The van der Waals surface area contributed by atoms with Crippen LogP contribution in [-0.4, -0.2) is 17.9 Å². The molecule has 0 aliphatic heterocycles. The molecule has 110 valence electrons. The van der Waals surface area contributed by atoms with Crippen LogP contribution in [-0.2, 0) is 15.0 Å². The Morgan fingerprint density at radius 3 is 2.10 bits per heavy atom. The molecule has 0 saturated carbocycles. The van der Waals surface area contributed by atoms with Crippen LogP contribution in [0.15, 0.2) is 24.3 Å². The summed E-state index contributed by atoms with van der Waals surface area (Å²) >= 11 is 0. The number of rotatable bonds is 3. The summed E-state index contributed by atoms with van der Waals surface area (Å²) in [5.41, 5.74) is 1.87. The molecule has 0 aliphatic rings. The van der Waals surface area contributed by atoms with Gasteiger partial charge in [-0.05, 0) is 36.5 Å². The molecule has 1 atom stereocenters. The second kappa shape index (κ2) is 6.55. The molecule has 20 heavy (non-hydrogen) atoms. The molecule has 2 amide bonds. The maximum absolute atomic E-state index is 11.7. The number of carbonyl (C=O) groups excluding carboxylic acids is 2. The van der Waals surface area contributed by atoms with Crippen LogP contribution in [0.4, 0.5) is 5.69 Å². The zero-order valence-corrected chi connectivity index (χ0v) is 12.9. The van der Waals surface area contributed by atoms with Crippen LogP contribution in [0.3, 0.4) is 0 Å². The molecule has 1 aromatic rings. The predicted molar refractivity (Wildman–Crippen MR) is 81.7 cm³/mol. The maximum Gasteiger partial charge on any atom is 0.313 e. The van der Waals surface area contributed by atoms with Crippen molar-refractivity contribution in [3.8, 4) is 0 Å². The lowest BCUT2D eigenvalue weighted by Crippen LogP contribution is -2.40. The largest absolute Gasteiger partial charge is 0.345 e. The lowest BCUT2D eigenvalue weighted by molar-refractivity contribution is -0.136. The van der Waals surface area contributed by atoms with Crippen LogP contribution < -0.4 is 10.6 Å². The van der Waals surface area contributed by atoms with E-state index in [9.17, 15) is 9.59 Å². The predicted octanol–water partition coefficient (Wildman–Crippen LogP) is 2.84. The minimum Gasteiger partial charge on any atom is -0.345 e. The third kappa shape index (κ3) is 4.68. The van der Waals surface area contributed by atoms with Gasteiger partial charge in [-0.1, -0.05) is 39.8 Å². The van der Waals surface area contributed by atoms with Gasteiger partial charge in [0.2, 0.25) is 0 Å². The van der Waals surface area contributed by atoms with Crippen molar-refractivity contribution in [2.75, 3.05) is 5.32 Å². The van der Waals surface area contributed by atoms with Crippen molar-refractivity contribution >= 4 is 17.5 Å². The first-order valence-corrected chi connectivity index (χ1v) is 6.96. The fourth-order valence-corrected chi connectivity index (χ4v) is 1.63. The molecule has 1 aromatic carbocycles. The van der Waals surface area contributed by atoms with Crippen molar-refractivity contribution < 1.29 is 9.59 Å². The molecule has 0 saturated heterocycles. The number of anilines is 1. The molecule has 4 heteroatoms. The highest BCUT2D eigenvalue weighted by Crippen LogP contribution is 2.23. The van der Waals surface area contributed by atoms with Crippen LogP contribution in [0, 0.1) is 0 Å². The highest BCUT2D eigenvalue weighted by atomic mass is 16.2. The number of benzene rings is 1. The molecule has 0 unspecified atom stereocenters. The SMILES string of the molecule is CC[C@@H](C)NC(=O)C(=O)Nc1ccc(C(C)(C)C)cc1. The normalized spacial score (nSPS) is 12.7. The molecule has 1 rings (SSSR count). The summed E-state index contributed by atoms with van der Waals surface area (Å²) in [5.74, 6) is -1.23. The second-order valence-corrected chi connectivity index (χ2v) is 6.06. The van der Waals surface area contributed by atoms with E-state index in [1.165, 1.54) is 5.56 Å². The van der Waals surface area contributed by atoms with Gasteiger partial charge in [-0.3, -0.25) is 9.59 Å². The lowest BCUT2D eigenvalue weighted by atomic mass is 9.87. The van der Waals surface area contributed by atoms with Crippen molar-refractivity contribution in [1.29, 1.82) is 0 Å². The first kappa shape index (κ1) is 16.2. The van der Waals surface area contributed by atoms with Gasteiger partial charge in [0.15, 0.2) is 0 Å². The Hall–Kier alpha value is -1.84. The van der Waals surface area contributed by atoms with Crippen LogP contribution in [0.25, 0.3) is 0 Å². The van der Waals surface area contributed by atoms with Crippen molar-refractivity contribution in [2.45, 2.75) is 52.5 Å². The summed E-state index contributed by atoms with van der Waals surface area (Å²) in [4.78, 5) is 23.3. The van der Waals surface area contributed by atoms with Crippen molar-refractivity contribution in [3.63, 3.8) is 0 Å². The lowest BCUT2D eigenvalue weighted by Gasteiger charge is -2.19. The van der Waals surface area contributed by atoms with Crippen molar-refractivity contribution in [2.24, 2.45) is 0 Å². The molecule has 0 spiro atoms. The topological polar surface area (TPSA) is 58.2 Å². The average Bonchev–Trinajstić information content (AvgIpc) is 2.38. The number of nitrogens with one attached hydrogen (secondary N) is 2. The summed E-state index contributed by atoms with van der Waals surface area (Å²) in [7, 11) is 0. The number of hydrogen-bond donors (Lipinski definition) is 2. The molecule has 4 nitrogen and oxygen atoms in total. The molecule has 0 aliphatic carbocycles. The first-order chi connectivity index (χ1) is 9.24. The van der Waals surface area contributed by atoms with Gasteiger partial charge in [-0.15, -0.1) is 0 Å². The molecule has 0 aromatic heterocycles. The zero-order valence-electron chi connectivity index (χ0n) is 12.9. The molecular weight excluding hydrogens is 252 g/mol. The molecule has 0 heterocycles. The van der Waals surface area contributed by atoms with E-state index in [-0.39, 0.29) is 11.5 Å². The monoisotopic (exact) mass is 276 g/mol. The third-order valence-electron chi connectivity index (χ3n) is 3.20. The van der Waals surface area contributed by atoms with Gasteiger partial charge in [0.05, 0.1) is 0 Å². The van der Waals surface area contributed by atoms with Crippen LogP contribution in [0.5, 0.6) is 0 Å². The van der Waals surface area contributed by atoms with E-state index < -0.39 is 11.8 Å². The van der Waals surface area contributed by atoms with Crippen LogP contribution >= 0.6 is 0 Å². The third-order valence-corrected chi connectivity index (χ3v) is 3.20. The van der Waals surface area contributed by atoms with E-state index in [4.69, 9.17) is 0 Å². The quantitative estimate of drug-likeness (QED) is 0.834. The van der Waals surface area contributed by atoms with E-state index in [2.05, 4.69) is 31.4 Å². The molecule has 0 radical (unpaired) electrons. The minimum atomic E-state index is -0.631. The van der Waals surface area contributed by atoms with Gasteiger partial charge in [0.25, 0.3) is 0 Å². The summed E-state index contributed by atoms with van der Waals surface area (Å²) in [6.45, 7) is 10.2. The smallest absolute Gasteiger partial charge is 0.313 e.